The topological polar surface area (TPSA) is 68.3 Å². The molecule has 0 aromatic rings. The third-order valence-electron chi connectivity index (χ3n) is 16.8. The van der Waals surface area contributed by atoms with Crippen LogP contribution in [0.3, 0.4) is 0 Å². The minimum atomic E-state index is -0.0260. The van der Waals surface area contributed by atoms with Gasteiger partial charge in [-0.25, -0.2) is 0 Å². The van der Waals surface area contributed by atoms with Gasteiger partial charge in [0.05, 0.1) is 0 Å². The predicted octanol–water partition coefficient (Wildman–Crippen LogP) is 8.40. The molecule has 11 atom stereocenters. The Kier molecular flexibility index (Phi) is 6.36. The van der Waals surface area contributed by atoms with Gasteiger partial charge in [-0.2, -0.15) is 0 Å². The predicted molar refractivity (Wildman–Crippen MR) is 166 cm³/mol. The van der Waals surface area contributed by atoms with Crippen molar-refractivity contribution in [2.45, 2.75) is 143 Å². The van der Waals surface area contributed by atoms with Gasteiger partial charge in [0.1, 0.15) is 17.3 Å². The SMILES string of the molecule is CC[C@]12CCC(=O)C=C1CC[C@@H]1[C@@H]2CC[C@]2(C)C(=O)CC[C@@H]12.C[C@]12CC[C@H]3[C@@H](CC[C@]45CC(=O)CC[C@]34C5)[C@@H]1CCC2=O. The summed E-state index contributed by atoms with van der Waals surface area (Å²) in [5.41, 5.74) is 2.67. The monoisotopic (exact) mass is 586 g/mol. The molecule has 0 aromatic carbocycles. The van der Waals surface area contributed by atoms with Gasteiger partial charge in [0.25, 0.3) is 0 Å². The van der Waals surface area contributed by atoms with E-state index in [9.17, 15) is 19.2 Å². The fraction of sp³-hybridized carbons (Fsp3) is 0.846. The van der Waals surface area contributed by atoms with Crippen LogP contribution in [0.2, 0.25) is 0 Å². The van der Waals surface area contributed by atoms with E-state index in [1.54, 1.807) is 0 Å². The van der Waals surface area contributed by atoms with Gasteiger partial charge in [0, 0.05) is 42.9 Å². The summed E-state index contributed by atoms with van der Waals surface area (Å²) < 4.78 is 0. The van der Waals surface area contributed by atoms with Gasteiger partial charge in [0.15, 0.2) is 5.78 Å². The van der Waals surface area contributed by atoms with E-state index in [-0.39, 0.29) is 16.2 Å². The molecular formula is C39H54O4. The van der Waals surface area contributed by atoms with Gasteiger partial charge in [-0.3, -0.25) is 19.2 Å². The average molecular weight is 587 g/mol. The summed E-state index contributed by atoms with van der Waals surface area (Å²) in [6.45, 7) is 6.83. The molecule has 9 aliphatic rings. The second-order valence-corrected chi connectivity index (χ2v) is 17.6. The summed E-state index contributed by atoms with van der Waals surface area (Å²) in [6, 6.07) is 0. The molecule has 0 heterocycles. The van der Waals surface area contributed by atoms with Gasteiger partial charge >= 0.3 is 0 Å². The lowest BCUT2D eigenvalue weighted by Crippen LogP contribution is -2.51. The van der Waals surface area contributed by atoms with Crippen LogP contribution in [0.25, 0.3) is 0 Å². The maximum atomic E-state index is 12.4. The highest BCUT2D eigenvalue weighted by molar-refractivity contribution is 5.92. The fourth-order valence-corrected chi connectivity index (χ4v) is 14.5. The molecule has 9 aliphatic carbocycles. The normalized spacial score (nSPS) is 52.7. The largest absolute Gasteiger partial charge is 0.300 e. The number of allylic oxidation sites excluding steroid dienone is 1. The van der Waals surface area contributed by atoms with Crippen LogP contribution in [0.4, 0.5) is 0 Å². The van der Waals surface area contributed by atoms with Crippen LogP contribution >= 0.6 is 0 Å². The molecule has 8 saturated carbocycles. The molecule has 0 spiro atoms. The Morgan fingerprint density at radius 3 is 1.98 bits per heavy atom. The minimum Gasteiger partial charge on any atom is -0.300 e. The maximum absolute atomic E-state index is 12.4. The van der Waals surface area contributed by atoms with Crippen LogP contribution < -0.4 is 0 Å². The molecule has 0 saturated heterocycles. The standard InChI is InChI=1S/C20H28O2.C19H26O2/c1-3-20-11-8-14(21)12-13(20)4-5-15-16-6-7-18(22)19(16,2)10-9-17(15)20;1-17-7-6-15-13(14(17)2-3-16(17)21)5-8-18-10-12(20)4-9-19(15,18)11-18/h12,15-17H,3-11H2,1-2H3;13-15H,2-11H2,1H3/t15-,16-,17-,19-,20-;13-,14-,15-,17-,18+,19-/m00/s1. The molecule has 4 nitrogen and oxygen atoms in total. The van der Waals surface area contributed by atoms with Crippen molar-refractivity contribution in [1.29, 1.82) is 0 Å². The van der Waals surface area contributed by atoms with E-state index in [4.69, 9.17) is 0 Å². The lowest BCUT2D eigenvalue weighted by Gasteiger charge is -2.58. The molecule has 0 radical (unpaired) electrons. The third kappa shape index (κ3) is 3.73. The van der Waals surface area contributed by atoms with Crippen LogP contribution in [-0.4, -0.2) is 23.1 Å². The molecule has 4 heteroatoms. The van der Waals surface area contributed by atoms with Crippen molar-refractivity contribution < 1.29 is 19.2 Å². The van der Waals surface area contributed by atoms with E-state index in [0.717, 1.165) is 94.3 Å². The lowest BCUT2D eigenvalue weighted by atomic mass is 9.46. The van der Waals surface area contributed by atoms with Crippen LogP contribution in [0, 0.1) is 62.6 Å². The Labute approximate surface area is 259 Å². The van der Waals surface area contributed by atoms with Crippen molar-refractivity contribution >= 4 is 23.1 Å². The Hall–Kier alpha value is -1.58. The quantitative estimate of drug-likeness (QED) is 0.309. The highest BCUT2D eigenvalue weighted by atomic mass is 16.1. The number of fused-ring (bicyclic) bond motifs is 8. The van der Waals surface area contributed by atoms with Gasteiger partial charge in [0.2, 0.25) is 0 Å². The molecule has 0 amide bonds. The smallest absolute Gasteiger partial charge is 0.155 e. The summed E-state index contributed by atoms with van der Waals surface area (Å²) >= 11 is 0. The summed E-state index contributed by atoms with van der Waals surface area (Å²) in [5.74, 6) is 6.28. The number of hydrogen-bond acceptors (Lipinski definition) is 4. The van der Waals surface area contributed by atoms with Crippen LogP contribution in [0.15, 0.2) is 11.6 Å². The Morgan fingerprint density at radius 1 is 0.651 bits per heavy atom. The van der Waals surface area contributed by atoms with Gasteiger partial charge in [-0.15, -0.1) is 0 Å². The molecule has 234 valence electrons. The van der Waals surface area contributed by atoms with Crippen molar-refractivity contribution in [3.8, 4) is 0 Å². The van der Waals surface area contributed by atoms with Gasteiger partial charge < -0.3 is 0 Å². The zero-order chi connectivity index (χ0) is 30.0. The summed E-state index contributed by atoms with van der Waals surface area (Å²) in [4.78, 5) is 48.6. The lowest BCUT2D eigenvalue weighted by molar-refractivity contribution is -0.135. The molecule has 0 unspecified atom stereocenters. The van der Waals surface area contributed by atoms with E-state index in [2.05, 4.69) is 20.8 Å². The summed E-state index contributed by atoms with van der Waals surface area (Å²) in [5, 5.41) is 0. The van der Waals surface area contributed by atoms with Crippen molar-refractivity contribution in [3.05, 3.63) is 11.6 Å². The number of rotatable bonds is 1. The molecule has 9 rings (SSSR count). The van der Waals surface area contributed by atoms with Crippen molar-refractivity contribution in [3.63, 3.8) is 0 Å². The number of ketones is 4. The minimum absolute atomic E-state index is 0.0111. The number of Topliss-reactive ketones (excluding diaryl/α,β-unsaturated/α-hetero) is 3. The van der Waals surface area contributed by atoms with E-state index in [1.165, 1.54) is 56.9 Å². The first-order valence-corrected chi connectivity index (χ1v) is 18.3. The van der Waals surface area contributed by atoms with Crippen LogP contribution in [0.5, 0.6) is 0 Å². The fourth-order valence-electron chi connectivity index (χ4n) is 14.5. The molecule has 8 fully saturated rings. The second-order valence-electron chi connectivity index (χ2n) is 17.6. The van der Waals surface area contributed by atoms with Crippen LogP contribution in [0.1, 0.15) is 143 Å². The van der Waals surface area contributed by atoms with E-state index in [0.29, 0.717) is 45.8 Å². The van der Waals surface area contributed by atoms with E-state index < -0.39 is 0 Å². The van der Waals surface area contributed by atoms with E-state index in [1.807, 2.05) is 6.08 Å². The second kappa shape index (κ2) is 9.47. The average Bonchev–Trinajstić information content (AvgIpc) is 3.46. The maximum Gasteiger partial charge on any atom is 0.155 e. The number of carbonyl (C=O) groups is 4. The molecule has 0 bridgehead atoms. The highest BCUT2D eigenvalue weighted by Crippen LogP contribution is 2.82. The molecule has 0 N–H and O–H groups in total. The first-order chi connectivity index (χ1) is 20.5. The Bertz CT molecular complexity index is 1310. The number of carbonyl (C=O) groups excluding carboxylic acids is 4. The zero-order valence-corrected chi connectivity index (χ0v) is 27.1. The highest BCUT2D eigenvalue weighted by Gasteiger charge is 2.75. The van der Waals surface area contributed by atoms with Gasteiger partial charge in [-0.05, 0) is 148 Å². The summed E-state index contributed by atoms with van der Waals surface area (Å²) in [6.07, 6.45) is 22.7. The first-order valence-electron chi connectivity index (χ1n) is 18.3. The number of hydrogen-bond donors (Lipinski definition) is 0. The Balaban J connectivity index is 0.000000129. The molecule has 0 aromatic heterocycles. The first kappa shape index (κ1) is 28.9. The third-order valence-corrected chi connectivity index (χ3v) is 16.8. The zero-order valence-electron chi connectivity index (χ0n) is 27.1. The molecular weight excluding hydrogens is 532 g/mol. The van der Waals surface area contributed by atoms with Crippen molar-refractivity contribution in [1.82, 2.24) is 0 Å². The summed E-state index contributed by atoms with van der Waals surface area (Å²) in [7, 11) is 0. The molecule has 43 heavy (non-hydrogen) atoms. The van der Waals surface area contributed by atoms with E-state index >= 15 is 0 Å². The van der Waals surface area contributed by atoms with Gasteiger partial charge in [-0.1, -0.05) is 26.3 Å². The molecule has 0 aliphatic heterocycles. The van der Waals surface area contributed by atoms with Crippen molar-refractivity contribution in [2.75, 3.05) is 0 Å². The van der Waals surface area contributed by atoms with Crippen molar-refractivity contribution in [2.24, 2.45) is 62.6 Å². The van der Waals surface area contributed by atoms with Crippen LogP contribution in [-0.2, 0) is 19.2 Å². The Morgan fingerprint density at radius 2 is 1.30 bits per heavy atom.